The van der Waals surface area contributed by atoms with Gasteiger partial charge in [-0.05, 0) is 67.9 Å². The molecule has 0 amide bonds. The van der Waals surface area contributed by atoms with Gasteiger partial charge in [-0.3, -0.25) is 4.79 Å². The molecule has 0 radical (unpaired) electrons. The van der Waals surface area contributed by atoms with Crippen molar-refractivity contribution in [2.75, 3.05) is 18.0 Å². The summed E-state index contributed by atoms with van der Waals surface area (Å²) in [5.74, 6) is 1.09. The Hall–Kier alpha value is -2.09. The quantitative estimate of drug-likeness (QED) is 0.621. The molecule has 0 saturated carbocycles. The van der Waals surface area contributed by atoms with Gasteiger partial charge in [0.25, 0.3) is 0 Å². The minimum Gasteiger partial charge on any atom is -0.372 e. The Labute approximate surface area is 151 Å². The third-order valence-corrected chi connectivity index (χ3v) is 5.41. The van der Waals surface area contributed by atoms with Gasteiger partial charge in [-0.2, -0.15) is 0 Å². The first-order chi connectivity index (χ1) is 12.3. The number of piperidine rings is 1. The molecule has 132 valence electrons. The van der Waals surface area contributed by atoms with Crippen molar-refractivity contribution in [3.63, 3.8) is 0 Å². The van der Waals surface area contributed by atoms with Crippen LogP contribution in [-0.2, 0) is 6.42 Å². The Bertz CT molecular complexity index is 654. The fourth-order valence-electron chi connectivity index (χ4n) is 3.78. The standard InChI is InChI=1S/C23H29NO/c1-2-23(25)21-11-13-22(14-12-21)24-17-15-20(16-18-24)10-6-9-19-7-4-3-5-8-19/h3-5,7-8,11-14,20H,2,6,9-10,15-18H2,1H3. The van der Waals surface area contributed by atoms with Gasteiger partial charge in [-0.25, -0.2) is 0 Å². The van der Waals surface area contributed by atoms with Crippen molar-refractivity contribution < 1.29 is 4.79 Å². The lowest BCUT2D eigenvalue weighted by Gasteiger charge is -2.33. The summed E-state index contributed by atoms with van der Waals surface area (Å²) in [5.41, 5.74) is 3.55. The van der Waals surface area contributed by atoms with E-state index in [0.717, 1.165) is 24.6 Å². The summed E-state index contributed by atoms with van der Waals surface area (Å²) in [6.45, 7) is 4.19. The second-order valence-corrected chi connectivity index (χ2v) is 7.13. The summed E-state index contributed by atoms with van der Waals surface area (Å²) in [5, 5.41) is 0. The lowest BCUT2D eigenvalue weighted by atomic mass is 9.90. The topological polar surface area (TPSA) is 20.3 Å². The van der Waals surface area contributed by atoms with Crippen molar-refractivity contribution in [3.8, 4) is 0 Å². The van der Waals surface area contributed by atoms with E-state index in [2.05, 4.69) is 47.4 Å². The number of carbonyl (C=O) groups excluding carboxylic acids is 1. The Morgan fingerprint density at radius 2 is 1.68 bits per heavy atom. The maximum atomic E-state index is 11.7. The highest BCUT2D eigenvalue weighted by molar-refractivity contribution is 5.96. The second-order valence-electron chi connectivity index (χ2n) is 7.13. The molecular formula is C23H29NO. The number of hydrogen-bond acceptors (Lipinski definition) is 2. The van der Waals surface area contributed by atoms with Gasteiger partial charge < -0.3 is 4.90 Å². The number of hydrogen-bond donors (Lipinski definition) is 0. The van der Waals surface area contributed by atoms with Crippen molar-refractivity contribution in [1.82, 2.24) is 0 Å². The van der Waals surface area contributed by atoms with Crippen molar-refractivity contribution >= 4 is 11.5 Å². The van der Waals surface area contributed by atoms with Crippen LogP contribution in [0.1, 0.15) is 54.9 Å². The minimum atomic E-state index is 0.226. The predicted molar refractivity (Wildman–Crippen MR) is 105 cm³/mol. The Morgan fingerprint density at radius 1 is 1.00 bits per heavy atom. The van der Waals surface area contributed by atoms with Crippen molar-refractivity contribution in [1.29, 1.82) is 0 Å². The normalized spacial score (nSPS) is 15.3. The smallest absolute Gasteiger partial charge is 0.162 e. The lowest BCUT2D eigenvalue weighted by molar-refractivity contribution is 0.0988. The first kappa shape index (κ1) is 17.7. The van der Waals surface area contributed by atoms with Gasteiger partial charge in [0.15, 0.2) is 5.78 Å². The molecule has 3 rings (SSSR count). The van der Waals surface area contributed by atoms with Gasteiger partial charge in [0.05, 0.1) is 0 Å². The first-order valence-electron chi connectivity index (χ1n) is 9.68. The monoisotopic (exact) mass is 335 g/mol. The van der Waals surface area contributed by atoms with Crippen LogP contribution >= 0.6 is 0 Å². The highest BCUT2D eigenvalue weighted by atomic mass is 16.1. The highest BCUT2D eigenvalue weighted by Gasteiger charge is 2.19. The molecule has 0 N–H and O–H groups in total. The van der Waals surface area contributed by atoms with Gasteiger partial charge in [0.2, 0.25) is 0 Å². The van der Waals surface area contributed by atoms with E-state index in [1.54, 1.807) is 0 Å². The van der Waals surface area contributed by atoms with Crippen LogP contribution in [0.2, 0.25) is 0 Å². The molecule has 1 heterocycles. The molecule has 0 bridgehead atoms. The molecule has 25 heavy (non-hydrogen) atoms. The Kier molecular flexibility index (Phi) is 6.27. The van der Waals surface area contributed by atoms with Crippen molar-refractivity contribution in [2.24, 2.45) is 5.92 Å². The van der Waals surface area contributed by atoms with Crippen LogP contribution < -0.4 is 4.90 Å². The molecule has 0 spiro atoms. The molecule has 2 aromatic carbocycles. The zero-order valence-electron chi connectivity index (χ0n) is 15.3. The van der Waals surface area contributed by atoms with Gasteiger partial charge in [0.1, 0.15) is 0 Å². The average Bonchev–Trinajstić information content (AvgIpc) is 2.69. The fourth-order valence-corrected chi connectivity index (χ4v) is 3.78. The summed E-state index contributed by atoms with van der Waals surface area (Å²) in [7, 11) is 0. The SMILES string of the molecule is CCC(=O)c1ccc(N2CCC(CCCc3ccccc3)CC2)cc1. The van der Waals surface area contributed by atoms with E-state index in [4.69, 9.17) is 0 Å². The summed E-state index contributed by atoms with van der Waals surface area (Å²) < 4.78 is 0. The van der Waals surface area contributed by atoms with E-state index in [1.807, 2.05) is 19.1 Å². The van der Waals surface area contributed by atoms with Gasteiger partial charge in [0, 0.05) is 30.8 Å². The maximum absolute atomic E-state index is 11.7. The Balaban J connectivity index is 1.43. The molecule has 1 saturated heterocycles. The molecule has 1 aliphatic heterocycles. The molecular weight excluding hydrogens is 306 g/mol. The largest absolute Gasteiger partial charge is 0.372 e. The lowest BCUT2D eigenvalue weighted by Crippen LogP contribution is -2.33. The summed E-state index contributed by atoms with van der Waals surface area (Å²) in [6, 6.07) is 19.0. The van der Waals surface area contributed by atoms with Crippen LogP contribution in [0.4, 0.5) is 5.69 Å². The molecule has 0 atom stereocenters. The third-order valence-electron chi connectivity index (χ3n) is 5.41. The number of aryl methyl sites for hydroxylation is 1. The van der Waals surface area contributed by atoms with E-state index >= 15 is 0 Å². The summed E-state index contributed by atoms with van der Waals surface area (Å²) in [4.78, 5) is 14.2. The maximum Gasteiger partial charge on any atom is 0.162 e. The van der Waals surface area contributed by atoms with Gasteiger partial charge >= 0.3 is 0 Å². The zero-order valence-corrected chi connectivity index (χ0v) is 15.3. The van der Waals surface area contributed by atoms with Gasteiger partial charge in [-0.1, -0.05) is 37.3 Å². The highest BCUT2D eigenvalue weighted by Crippen LogP contribution is 2.27. The molecule has 2 heteroatoms. The second kappa shape index (κ2) is 8.84. The molecule has 0 aliphatic carbocycles. The summed E-state index contributed by atoms with van der Waals surface area (Å²) >= 11 is 0. The molecule has 0 aromatic heterocycles. The molecule has 1 aliphatic rings. The zero-order chi connectivity index (χ0) is 17.5. The van der Waals surface area contributed by atoms with Crippen LogP contribution in [0.3, 0.4) is 0 Å². The number of carbonyl (C=O) groups is 1. The molecule has 0 unspecified atom stereocenters. The van der Waals surface area contributed by atoms with Crippen LogP contribution in [0.5, 0.6) is 0 Å². The van der Waals surface area contributed by atoms with Crippen molar-refractivity contribution in [2.45, 2.75) is 45.4 Å². The Morgan fingerprint density at radius 3 is 2.32 bits per heavy atom. The van der Waals surface area contributed by atoms with E-state index in [9.17, 15) is 4.79 Å². The van der Waals surface area contributed by atoms with E-state index in [0.29, 0.717) is 6.42 Å². The predicted octanol–water partition coefficient (Wildman–Crippen LogP) is 5.52. The number of nitrogens with zero attached hydrogens (tertiary/aromatic N) is 1. The van der Waals surface area contributed by atoms with Crippen LogP contribution in [-0.4, -0.2) is 18.9 Å². The van der Waals surface area contributed by atoms with Crippen LogP contribution in [0.25, 0.3) is 0 Å². The van der Waals surface area contributed by atoms with Crippen LogP contribution in [0.15, 0.2) is 54.6 Å². The van der Waals surface area contributed by atoms with E-state index in [-0.39, 0.29) is 5.78 Å². The minimum absolute atomic E-state index is 0.226. The first-order valence-corrected chi connectivity index (χ1v) is 9.68. The number of Topliss-reactive ketones (excluding diaryl/α,β-unsaturated/α-hetero) is 1. The number of benzene rings is 2. The van der Waals surface area contributed by atoms with E-state index < -0.39 is 0 Å². The van der Waals surface area contributed by atoms with Crippen molar-refractivity contribution in [3.05, 3.63) is 65.7 Å². The van der Waals surface area contributed by atoms with E-state index in [1.165, 1.54) is 43.4 Å². The van der Waals surface area contributed by atoms with Gasteiger partial charge in [-0.15, -0.1) is 0 Å². The number of ketones is 1. The number of anilines is 1. The average molecular weight is 335 g/mol. The van der Waals surface area contributed by atoms with Crippen LogP contribution in [0, 0.1) is 5.92 Å². The fraction of sp³-hybridized carbons (Fsp3) is 0.435. The third kappa shape index (κ3) is 4.94. The molecule has 2 nitrogen and oxygen atoms in total. The number of rotatable bonds is 7. The molecule has 2 aromatic rings. The summed E-state index contributed by atoms with van der Waals surface area (Å²) in [6.07, 6.45) is 6.98. The molecule has 1 fully saturated rings.